The molecule has 0 radical (unpaired) electrons. The number of hydrogen-bond donors (Lipinski definition) is 2. The van der Waals surface area contributed by atoms with Gasteiger partial charge in [-0.15, -0.1) is 0 Å². The summed E-state index contributed by atoms with van der Waals surface area (Å²) < 4.78 is 7.24. The second kappa shape index (κ2) is 6.80. The molecule has 0 aliphatic carbocycles. The first-order valence-electron chi connectivity index (χ1n) is 7.27. The Morgan fingerprint density at radius 2 is 2.09 bits per heavy atom. The highest BCUT2D eigenvalue weighted by Crippen LogP contribution is 2.11. The van der Waals surface area contributed by atoms with E-state index in [1.54, 1.807) is 12.3 Å². The van der Waals surface area contributed by atoms with Crippen molar-refractivity contribution in [1.29, 1.82) is 0 Å². The molecule has 6 nitrogen and oxygen atoms in total. The minimum Gasteiger partial charge on any atom is -0.467 e. The van der Waals surface area contributed by atoms with E-state index in [0.29, 0.717) is 13.1 Å². The molecule has 0 fully saturated rings. The molecule has 0 unspecified atom stereocenters. The molecule has 0 saturated heterocycles. The highest BCUT2D eigenvalue weighted by molar-refractivity contribution is 5.75. The summed E-state index contributed by atoms with van der Waals surface area (Å²) in [6.45, 7) is 1.82. The third-order valence-corrected chi connectivity index (χ3v) is 3.39. The zero-order valence-corrected chi connectivity index (χ0v) is 12.2. The van der Waals surface area contributed by atoms with Crippen LogP contribution in [0.2, 0.25) is 0 Å². The molecule has 0 bridgehead atoms. The van der Waals surface area contributed by atoms with Gasteiger partial charge < -0.3 is 19.6 Å². The SMILES string of the molecule is O=C(NCCCn1cnc2ccccc21)NCc1ccco1. The van der Waals surface area contributed by atoms with Crippen molar-refractivity contribution in [3.8, 4) is 0 Å². The number of furan rings is 1. The van der Waals surface area contributed by atoms with Crippen molar-refractivity contribution in [2.24, 2.45) is 0 Å². The Morgan fingerprint density at radius 3 is 2.95 bits per heavy atom. The molecular formula is C16H18N4O2. The van der Waals surface area contributed by atoms with Gasteiger partial charge >= 0.3 is 6.03 Å². The number of hydrogen-bond acceptors (Lipinski definition) is 3. The Morgan fingerprint density at radius 1 is 1.18 bits per heavy atom. The van der Waals surface area contributed by atoms with Crippen molar-refractivity contribution in [3.63, 3.8) is 0 Å². The van der Waals surface area contributed by atoms with Crippen LogP contribution < -0.4 is 10.6 Å². The van der Waals surface area contributed by atoms with Gasteiger partial charge in [-0.3, -0.25) is 0 Å². The van der Waals surface area contributed by atoms with Gasteiger partial charge in [0, 0.05) is 13.1 Å². The van der Waals surface area contributed by atoms with E-state index >= 15 is 0 Å². The van der Waals surface area contributed by atoms with Crippen LogP contribution >= 0.6 is 0 Å². The number of carbonyl (C=O) groups excluding carboxylic acids is 1. The first kappa shape index (κ1) is 14.2. The first-order valence-corrected chi connectivity index (χ1v) is 7.27. The normalized spacial score (nSPS) is 10.7. The summed E-state index contributed by atoms with van der Waals surface area (Å²) in [6.07, 6.45) is 4.26. The Hall–Kier alpha value is -2.76. The van der Waals surface area contributed by atoms with Crippen LogP contribution in [-0.4, -0.2) is 22.1 Å². The Balaban J connectivity index is 1.39. The van der Waals surface area contributed by atoms with Gasteiger partial charge in [-0.05, 0) is 30.7 Å². The molecule has 0 atom stereocenters. The minimum atomic E-state index is -0.188. The van der Waals surface area contributed by atoms with Crippen molar-refractivity contribution in [2.75, 3.05) is 6.54 Å². The van der Waals surface area contributed by atoms with Crippen LogP contribution in [0.3, 0.4) is 0 Å². The summed E-state index contributed by atoms with van der Waals surface area (Å²) in [7, 11) is 0. The lowest BCUT2D eigenvalue weighted by Crippen LogP contribution is -2.35. The standard InChI is InChI=1S/C16H18N4O2/c21-16(18-11-13-5-3-10-22-13)17-8-4-9-20-12-19-14-6-1-2-7-15(14)20/h1-3,5-7,10,12H,4,8-9,11H2,(H2,17,18,21). The monoisotopic (exact) mass is 298 g/mol. The molecule has 6 heteroatoms. The molecular weight excluding hydrogens is 280 g/mol. The van der Waals surface area contributed by atoms with Gasteiger partial charge in [0.15, 0.2) is 0 Å². The summed E-state index contributed by atoms with van der Waals surface area (Å²) in [5, 5.41) is 5.58. The lowest BCUT2D eigenvalue weighted by Gasteiger charge is -2.07. The number of rotatable bonds is 6. The molecule has 0 spiro atoms. The number of aryl methyl sites for hydroxylation is 1. The zero-order valence-electron chi connectivity index (χ0n) is 12.2. The maximum absolute atomic E-state index is 11.6. The van der Waals surface area contributed by atoms with E-state index in [0.717, 1.165) is 29.8 Å². The van der Waals surface area contributed by atoms with Gasteiger partial charge in [0.25, 0.3) is 0 Å². The van der Waals surface area contributed by atoms with E-state index in [2.05, 4.69) is 20.2 Å². The summed E-state index contributed by atoms with van der Waals surface area (Å²) in [5.41, 5.74) is 2.11. The van der Waals surface area contributed by atoms with Crippen LogP contribution in [0, 0.1) is 0 Å². The van der Waals surface area contributed by atoms with Crippen molar-refractivity contribution < 1.29 is 9.21 Å². The second-order valence-corrected chi connectivity index (χ2v) is 4.97. The summed E-state index contributed by atoms with van der Waals surface area (Å²) in [6, 6.07) is 11.4. The van der Waals surface area contributed by atoms with Crippen LogP contribution in [0.25, 0.3) is 11.0 Å². The molecule has 114 valence electrons. The van der Waals surface area contributed by atoms with E-state index in [4.69, 9.17) is 4.42 Å². The summed E-state index contributed by atoms with van der Waals surface area (Å²) in [4.78, 5) is 16.0. The molecule has 2 N–H and O–H groups in total. The lowest BCUT2D eigenvalue weighted by atomic mass is 10.3. The second-order valence-electron chi connectivity index (χ2n) is 4.97. The highest BCUT2D eigenvalue weighted by atomic mass is 16.3. The number of benzene rings is 1. The number of nitrogens with one attached hydrogen (secondary N) is 2. The van der Waals surface area contributed by atoms with Gasteiger partial charge in [0.05, 0.1) is 30.2 Å². The fourth-order valence-electron chi connectivity index (χ4n) is 2.28. The third-order valence-electron chi connectivity index (χ3n) is 3.39. The molecule has 2 aromatic heterocycles. The molecule has 22 heavy (non-hydrogen) atoms. The van der Waals surface area contributed by atoms with E-state index < -0.39 is 0 Å². The van der Waals surface area contributed by atoms with Gasteiger partial charge in [-0.25, -0.2) is 9.78 Å². The lowest BCUT2D eigenvalue weighted by molar-refractivity contribution is 0.239. The number of aromatic nitrogens is 2. The Bertz CT molecular complexity index is 734. The number of nitrogens with zero attached hydrogens (tertiary/aromatic N) is 2. The highest BCUT2D eigenvalue weighted by Gasteiger charge is 2.03. The molecule has 0 aliphatic rings. The van der Waals surface area contributed by atoms with Crippen LogP contribution in [0.4, 0.5) is 4.79 Å². The summed E-state index contributed by atoms with van der Waals surface area (Å²) >= 11 is 0. The molecule has 0 saturated carbocycles. The molecule has 2 heterocycles. The first-order chi connectivity index (χ1) is 10.8. The van der Waals surface area contributed by atoms with E-state index in [1.807, 2.05) is 36.7 Å². The van der Waals surface area contributed by atoms with Crippen molar-refractivity contribution in [3.05, 3.63) is 54.7 Å². The van der Waals surface area contributed by atoms with Crippen LogP contribution in [0.15, 0.2) is 53.4 Å². The minimum absolute atomic E-state index is 0.188. The molecule has 1 aromatic carbocycles. The quantitative estimate of drug-likeness (QED) is 0.687. The number of amides is 2. The average Bonchev–Trinajstić information content (AvgIpc) is 3.19. The van der Waals surface area contributed by atoms with Gasteiger partial charge in [0.2, 0.25) is 0 Å². The van der Waals surface area contributed by atoms with Crippen molar-refractivity contribution in [1.82, 2.24) is 20.2 Å². The maximum Gasteiger partial charge on any atom is 0.315 e. The van der Waals surface area contributed by atoms with E-state index in [-0.39, 0.29) is 6.03 Å². The van der Waals surface area contributed by atoms with Crippen LogP contribution in [-0.2, 0) is 13.1 Å². The smallest absolute Gasteiger partial charge is 0.315 e. The third kappa shape index (κ3) is 3.46. The van der Waals surface area contributed by atoms with E-state index in [1.165, 1.54) is 0 Å². The predicted octanol–water partition coefficient (Wildman–Crippen LogP) is 2.52. The van der Waals surface area contributed by atoms with Crippen LogP contribution in [0.1, 0.15) is 12.2 Å². The fourth-order valence-corrected chi connectivity index (χ4v) is 2.28. The van der Waals surface area contributed by atoms with Gasteiger partial charge in [-0.1, -0.05) is 12.1 Å². The summed E-state index contributed by atoms with van der Waals surface area (Å²) in [5.74, 6) is 0.736. The average molecular weight is 298 g/mol. The molecule has 0 aliphatic heterocycles. The van der Waals surface area contributed by atoms with Crippen molar-refractivity contribution in [2.45, 2.75) is 19.5 Å². The van der Waals surface area contributed by atoms with Crippen LogP contribution in [0.5, 0.6) is 0 Å². The topological polar surface area (TPSA) is 72.1 Å². The molecule has 3 rings (SSSR count). The number of para-hydroxylation sites is 2. The molecule has 3 aromatic rings. The van der Waals surface area contributed by atoms with Crippen molar-refractivity contribution >= 4 is 17.1 Å². The fraction of sp³-hybridized carbons (Fsp3) is 0.250. The van der Waals surface area contributed by atoms with E-state index in [9.17, 15) is 4.79 Å². The predicted molar refractivity (Wildman–Crippen MR) is 83.3 cm³/mol. The number of carbonyl (C=O) groups is 1. The zero-order chi connectivity index (χ0) is 15.2. The van der Waals surface area contributed by atoms with Gasteiger partial charge in [0.1, 0.15) is 5.76 Å². The largest absolute Gasteiger partial charge is 0.467 e. The number of fused-ring (bicyclic) bond motifs is 1. The Labute approximate surface area is 128 Å². The molecule has 2 amide bonds. The number of urea groups is 1. The maximum atomic E-state index is 11.6. The Kier molecular flexibility index (Phi) is 4.38. The number of imidazole rings is 1. The van der Waals surface area contributed by atoms with Gasteiger partial charge in [-0.2, -0.15) is 0 Å².